The molecule has 0 unspecified atom stereocenters. The van der Waals surface area contributed by atoms with Crippen LogP contribution in [0.25, 0.3) is 0 Å². The molecule has 0 atom stereocenters. The molecule has 0 spiro atoms. The predicted molar refractivity (Wildman–Crippen MR) is 87.9 cm³/mol. The molecule has 0 rings (SSSR count). The van der Waals surface area contributed by atoms with Gasteiger partial charge in [0.05, 0.1) is 5.41 Å². The van der Waals surface area contributed by atoms with E-state index in [9.17, 15) is 4.79 Å². The number of carbonyl (C=O) groups is 1. The molecule has 0 aliphatic heterocycles. The van der Waals surface area contributed by atoms with Crippen molar-refractivity contribution in [2.24, 2.45) is 5.41 Å². The molecule has 0 fully saturated rings. The standard InChI is InChI=1S/C17H36N2O/c1-6-8-10-12-15(13-11-9-7-2)19-14-17(3,4)16(20)18-5/h15,19H,6-14H2,1-5H3,(H,18,20). The van der Waals surface area contributed by atoms with Crippen LogP contribution in [0.15, 0.2) is 0 Å². The first-order valence-corrected chi connectivity index (χ1v) is 8.43. The molecular formula is C17H36N2O. The van der Waals surface area contributed by atoms with E-state index in [0.717, 1.165) is 6.54 Å². The van der Waals surface area contributed by atoms with Gasteiger partial charge in [0.2, 0.25) is 5.91 Å². The quantitative estimate of drug-likeness (QED) is 0.534. The summed E-state index contributed by atoms with van der Waals surface area (Å²) in [6.45, 7) is 9.26. The molecule has 0 saturated carbocycles. The fraction of sp³-hybridized carbons (Fsp3) is 0.941. The molecule has 0 aliphatic carbocycles. The van der Waals surface area contributed by atoms with Crippen LogP contribution in [-0.2, 0) is 4.79 Å². The summed E-state index contributed by atoms with van der Waals surface area (Å²) in [4.78, 5) is 11.8. The average Bonchev–Trinajstić information content (AvgIpc) is 2.43. The second-order valence-corrected chi connectivity index (χ2v) is 6.53. The Morgan fingerprint density at radius 1 is 1.00 bits per heavy atom. The van der Waals surface area contributed by atoms with Crippen LogP contribution in [0.3, 0.4) is 0 Å². The Morgan fingerprint density at radius 2 is 1.50 bits per heavy atom. The van der Waals surface area contributed by atoms with Gasteiger partial charge in [-0.2, -0.15) is 0 Å². The Labute approximate surface area is 126 Å². The van der Waals surface area contributed by atoms with Gasteiger partial charge in [0.1, 0.15) is 0 Å². The van der Waals surface area contributed by atoms with E-state index in [0.29, 0.717) is 6.04 Å². The fourth-order valence-electron chi connectivity index (χ4n) is 2.45. The molecular weight excluding hydrogens is 248 g/mol. The van der Waals surface area contributed by atoms with Crippen LogP contribution < -0.4 is 10.6 Å². The zero-order chi connectivity index (χ0) is 15.4. The summed E-state index contributed by atoms with van der Waals surface area (Å²) >= 11 is 0. The van der Waals surface area contributed by atoms with E-state index >= 15 is 0 Å². The lowest BCUT2D eigenvalue weighted by Crippen LogP contribution is -2.45. The summed E-state index contributed by atoms with van der Waals surface area (Å²) < 4.78 is 0. The second kappa shape index (κ2) is 11.1. The Hall–Kier alpha value is -0.570. The monoisotopic (exact) mass is 284 g/mol. The SMILES string of the molecule is CCCCCC(CCCCC)NCC(C)(C)C(=O)NC. The van der Waals surface area contributed by atoms with E-state index in [1.54, 1.807) is 7.05 Å². The molecule has 3 heteroatoms. The molecule has 0 aromatic carbocycles. The molecule has 3 nitrogen and oxygen atoms in total. The number of amides is 1. The first-order valence-electron chi connectivity index (χ1n) is 8.43. The number of unbranched alkanes of at least 4 members (excludes halogenated alkanes) is 4. The normalized spacial score (nSPS) is 11.9. The van der Waals surface area contributed by atoms with E-state index in [4.69, 9.17) is 0 Å². The number of rotatable bonds is 12. The van der Waals surface area contributed by atoms with Crippen molar-refractivity contribution >= 4 is 5.91 Å². The fourth-order valence-corrected chi connectivity index (χ4v) is 2.45. The maximum absolute atomic E-state index is 11.8. The van der Waals surface area contributed by atoms with Crippen molar-refractivity contribution in [3.63, 3.8) is 0 Å². The van der Waals surface area contributed by atoms with E-state index in [-0.39, 0.29) is 11.3 Å². The van der Waals surface area contributed by atoms with Crippen LogP contribution in [-0.4, -0.2) is 25.5 Å². The van der Waals surface area contributed by atoms with E-state index in [1.807, 2.05) is 13.8 Å². The van der Waals surface area contributed by atoms with Gasteiger partial charge in [-0.3, -0.25) is 4.79 Å². The summed E-state index contributed by atoms with van der Waals surface area (Å²) in [6.07, 6.45) is 10.2. The third-order valence-electron chi connectivity index (χ3n) is 3.99. The highest BCUT2D eigenvalue weighted by Gasteiger charge is 2.27. The number of hydrogen-bond donors (Lipinski definition) is 2. The van der Waals surface area contributed by atoms with Gasteiger partial charge in [-0.1, -0.05) is 52.4 Å². The molecule has 1 amide bonds. The largest absolute Gasteiger partial charge is 0.359 e. The number of carbonyl (C=O) groups excluding carboxylic acids is 1. The van der Waals surface area contributed by atoms with Gasteiger partial charge in [0.25, 0.3) is 0 Å². The van der Waals surface area contributed by atoms with Crippen LogP contribution >= 0.6 is 0 Å². The zero-order valence-electron chi connectivity index (χ0n) is 14.3. The zero-order valence-corrected chi connectivity index (χ0v) is 14.3. The molecule has 0 heterocycles. The van der Waals surface area contributed by atoms with Gasteiger partial charge >= 0.3 is 0 Å². The van der Waals surface area contributed by atoms with Crippen molar-refractivity contribution in [3.8, 4) is 0 Å². The minimum atomic E-state index is -0.331. The van der Waals surface area contributed by atoms with E-state index in [1.165, 1.54) is 51.4 Å². The maximum Gasteiger partial charge on any atom is 0.226 e. The summed E-state index contributed by atoms with van der Waals surface area (Å²) in [7, 11) is 1.71. The highest BCUT2D eigenvalue weighted by Crippen LogP contribution is 2.16. The minimum Gasteiger partial charge on any atom is -0.359 e. The molecule has 0 radical (unpaired) electrons. The Balaban J connectivity index is 4.21. The smallest absolute Gasteiger partial charge is 0.226 e. The van der Waals surface area contributed by atoms with Gasteiger partial charge in [-0.15, -0.1) is 0 Å². The summed E-state index contributed by atoms with van der Waals surface area (Å²) in [5.74, 6) is 0.117. The lowest BCUT2D eigenvalue weighted by molar-refractivity contribution is -0.128. The highest BCUT2D eigenvalue weighted by molar-refractivity contribution is 5.81. The van der Waals surface area contributed by atoms with Crippen molar-refractivity contribution < 1.29 is 4.79 Å². The Kier molecular flexibility index (Phi) is 10.8. The molecule has 0 aliphatic rings. The Morgan fingerprint density at radius 3 is 1.90 bits per heavy atom. The van der Waals surface area contributed by atoms with Gasteiger partial charge in [0, 0.05) is 19.6 Å². The Bertz CT molecular complexity index is 241. The summed E-state index contributed by atoms with van der Waals surface area (Å²) in [5.41, 5.74) is -0.331. The van der Waals surface area contributed by atoms with Crippen LogP contribution in [0.5, 0.6) is 0 Å². The van der Waals surface area contributed by atoms with Crippen molar-refractivity contribution in [1.29, 1.82) is 0 Å². The lowest BCUT2D eigenvalue weighted by Gasteiger charge is -2.27. The van der Waals surface area contributed by atoms with Crippen molar-refractivity contribution in [1.82, 2.24) is 10.6 Å². The van der Waals surface area contributed by atoms with E-state index in [2.05, 4.69) is 24.5 Å². The molecule has 0 bridgehead atoms. The van der Waals surface area contributed by atoms with Crippen LogP contribution in [0.1, 0.15) is 79.1 Å². The lowest BCUT2D eigenvalue weighted by atomic mass is 9.91. The van der Waals surface area contributed by atoms with Crippen molar-refractivity contribution in [3.05, 3.63) is 0 Å². The van der Waals surface area contributed by atoms with Gasteiger partial charge in [0.15, 0.2) is 0 Å². The topological polar surface area (TPSA) is 41.1 Å². The van der Waals surface area contributed by atoms with E-state index < -0.39 is 0 Å². The molecule has 2 N–H and O–H groups in total. The first kappa shape index (κ1) is 19.4. The molecule has 20 heavy (non-hydrogen) atoms. The predicted octanol–water partition coefficient (Wildman–Crippen LogP) is 3.88. The van der Waals surface area contributed by atoms with Gasteiger partial charge < -0.3 is 10.6 Å². The molecule has 120 valence electrons. The summed E-state index contributed by atoms with van der Waals surface area (Å²) in [6, 6.07) is 0.567. The van der Waals surface area contributed by atoms with Gasteiger partial charge in [-0.05, 0) is 26.7 Å². The molecule has 0 aromatic rings. The third kappa shape index (κ3) is 8.57. The van der Waals surface area contributed by atoms with Crippen LogP contribution in [0.2, 0.25) is 0 Å². The minimum absolute atomic E-state index is 0.117. The van der Waals surface area contributed by atoms with Crippen molar-refractivity contribution in [2.75, 3.05) is 13.6 Å². The maximum atomic E-state index is 11.8. The third-order valence-corrected chi connectivity index (χ3v) is 3.99. The van der Waals surface area contributed by atoms with Crippen LogP contribution in [0.4, 0.5) is 0 Å². The number of nitrogens with one attached hydrogen (secondary N) is 2. The second-order valence-electron chi connectivity index (χ2n) is 6.53. The first-order chi connectivity index (χ1) is 9.47. The van der Waals surface area contributed by atoms with Crippen molar-refractivity contribution in [2.45, 2.75) is 85.1 Å². The molecule has 0 aromatic heterocycles. The molecule has 0 saturated heterocycles. The van der Waals surface area contributed by atoms with Gasteiger partial charge in [-0.25, -0.2) is 0 Å². The number of hydrogen-bond acceptors (Lipinski definition) is 2. The van der Waals surface area contributed by atoms with Crippen LogP contribution in [0, 0.1) is 5.41 Å². The average molecular weight is 284 g/mol. The summed E-state index contributed by atoms with van der Waals surface area (Å²) in [5, 5.41) is 6.39. The highest BCUT2D eigenvalue weighted by atomic mass is 16.2.